The molecule has 0 bridgehead atoms. The van der Waals surface area contributed by atoms with E-state index in [1.807, 2.05) is 11.8 Å². The van der Waals surface area contributed by atoms with E-state index < -0.39 is 0 Å². The number of unbranched alkanes of at least 4 members (excludes halogenated alkanes) is 9. The molecule has 13 heteroatoms. The lowest BCUT2D eigenvalue weighted by Gasteiger charge is -2.42. The molecule has 5 heterocycles. The number of fused-ring (bicyclic) bond motifs is 1. The van der Waals surface area contributed by atoms with Crippen LogP contribution in [0.15, 0.2) is 37.5 Å². The second-order valence-electron chi connectivity index (χ2n) is 14.8. The quantitative estimate of drug-likeness (QED) is 0.0563. The van der Waals surface area contributed by atoms with Gasteiger partial charge in [-0.2, -0.15) is 0 Å². The van der Waals surface area contributed by atoms with Gasteiger partial charge >= 0.3 is 11.9 Å². The van der Waals surface area contributed by atoms with Gasteiger partial charge in [0.15, 0.2) is 17.9 Å². The Kier molecular flexibility index (Phi) is 14.5. The van der Waals surface area contributed by atoms with Crippen LogP contribution >= 0.6 is 0 Å². The van der Waals surface area contributed by atoms with Crippen LogP contribution in [0.3, 0.4) is 0 Å². The van der Waals surface area contributed by atoms with E-state index in [-0.39, 0.29) is 30.0 Å². The zero-order chi connectivity index (χ0) is 36.2. The first-order valence-electron chi connectivity index (χ1n) is 19.9. The van der Waals surface area contributed by atoms with Crippen LogP contribution in [0.1, 0.15) is 136 Å². The SMILES string of the molecule is CCCCCCC[C@@H]1C[C@@H]2CC[C@@H]3C(C(=O)OCCCCCCC[C@H]4N=C(N)N5CCCC5=C4C(=O)OCCCCN=C(N)N)=C(C)NC(=N1)N23. The third-order valence-corrected chi connectivity index (χ3v) is 11.0. The normalized spacial score (nSPS) is 23.7. The molecule has 5 aliphatic rings. The lowest BCUT2D eigenvalue weighted by atomic mass is 9.96. The topological polar surface area (TPSA) is 186 Å². The second kappa shape index (κ2) is 19.2. The van der Waals surface area contributed by atoms with Crippen LogP contribution in [0.25, 0.3) is 0 Å². The van der Waals surface area contributed by atoms with E-state index in [1.165, 1.54) is 32.1 Å². The van der Waals surface area contributed by atoms with Gasteiger partial charge in [0.25, 0.3) is 0 Å². The second-order valence-corrected chi connectivity index (χ2v) is 14.8. The first kappa shape index (κ1) is 38.5. The Labute approximate surface area is 304 Å². The third kappa shape index (κ3) is 10.2. The van der Waals surface area contributed by atoms with E-state index in [0.717, 1.165) is 113 Å². The average molecular weight is 710 g/mol. The Bertz CT molecular complexity index is 1370. The number of carbonyl (C=O) groups is 2. The minimum atomic E-state index is -0.297. The monoisotopic (exact) mass is 710 g/mol. The number of aliphatic imine (C=N–C) groups is 3. The van der Waals surface area contributed by atoms with Gasteiger partial charge in [0.2, 0.25) is 0 Å². The highest BCUT2D eigenvalue weighted by Crippen LogP contribution is 2.39. The highest BCUT2D eigenvalue weighted by atomic mass is 16.5. The van der Waals surface area contributed by atoms with Gasteiger partial charge in [0, 0.05) is 30.5 Å². The van der Waals surface area contributed by atoms with Crippen molar-refractivity contribution in [3.8, 4) is 0 Å². The van der Waals surface area contributed by atoms with Crippen LogP contribution in [0, 0.1) is 0 Å². The molecule has 4 atom stereocenters. The maximum Gasteiger partial charge on any atom is 0.337 e. The molecule has 2 saturated heterocycles. The number of hydrogen-bond donors (Lipinski definition) is 4. The molecule has 0 amide bonds. The predicted octanol–water partition coefficient (Wildman–Crippen LogP) is 4.71. The summed E-state index contributed by atoms with van der Waals surface area (Å²) < 4.78 is 11.5. The number of nitrogens with two attached hydrogens (primary N) is 3. The van der Waals surface area contributed by atoms with Crippen molar-refractivity contribution in [3.63, 3.8) is 0 Å². The minimum absolute atomic E-state index is 0.0638. The average Bonchev–Trinajstić information content (AvgIpc) is 3.76. The molecule has 0 aromatic rings. The number of guanidine groups is 3. The van der Waals surface area contributed by atoms with Crippen molar-refractivity contribution in [1.82, 2.24) is 15.1 Å². The molecule has 0 spiro atoms. The van der Waals surface area contributed by atoms with Gasteiger partial charge in [-0.05, 0) is 71.1 Å². The first-order valence-corrected chi connectivity index (χ1v) is 19.9. The number of rotatable bonds is 21. The van der Waals surface area contributed by atoms with Crippen LogP contribution in [0.4, 0.5) is 0 Å². The largest absolute Gasteiger partial charge is 0.462 e. The van der Waals surface area contributed by atoms with Crippen molar-refractivity contribution in [2.45, 2.75) is 160 Å². The first-order chi connectivity index (χ1) is 24.8. The number of ether oxygens (including phenoxy) is 2. The number of nitrogens with zero attached hydrogens (tertiary/aromatic N) is 5. The molecule has 0 aromatic heterocycles. The fourth-order valence-corrected chi connectivity index (χ4v) is 8.40. The number of carbonyl (C=O) groups excluding carboxylic acids is 2. The summed E-state index contributed by atoms with van der Waals surface area (Å²) in [4.78, 5) is 44.7. The third-order valence-electron chi connectivity index (χ3n) is 11.0. The van der Waals surface area contributed by atoms with Crippen molar-refractivity contribution in [1.29, 1.82) is 0 Å². The minimum Gasteiger partial charge on any atom is -0.462 e. The lowest BCUT2D eigenvalue weighted by molar-refractivity contribution is -0.140. The van der Waals surface area contributed by atoms with Crippen LogP contribution in [-0.4, -0.2) is 90.1 Å². The Hall–Kier alpha value is -3.77. The van der Waals surface area contributed by atoms with Gasteiger partial charge < -0.3 is 41.8 Å². The Balaban J connectivity index is 1.01. The maximum absolute atomic E-state index is 13.3. The predicted molar refractivity (Wildman–Crippen MR) is 202 cm³/mol. The summed E-state index contributed by atoms with van der Waals surface area (Å²) in [6, 6.07) is 0.604. The zero-order valence-corrected chi connectivity index (χ0v) is 31.2. The standard InChI is InChI=1S/C38H63N9O4/c1-3-4-5-7-10-16-27-25-28-19-20-31-32(26(2)43-38(44-27)47(28)31)34(48)50-23-13-9-6-8-11-17-29-33(30-18-15-22-46(30)37(41)45-29)35(49)51-24-14-12-21-42-36(39)40/h27-29,31H,3-25H2,1-2H3,(H2,41,45)(H,43,44)(H4,39,40,42)/t27-,28+,29-,31-/m1/s1. The summed E-state index contributed by atoms with van der Waals surface area (Å²) in [6.45, 7) is 6.26. The molecule has 2 fully saturated rings. The molecule has 0 aliphatic carbocycles. The highest BCUT2D eigenvalue weighted by molar-refractivity contribution is 5.97. The lowest BCUT2D eigenvalue weighted by Crippen LogP contribution is -2.56. The maximum atomic E-state index is 13.3. The van der Waals surface area contributed by atoms with E-state index in [0.29, 0.717) is 49.8 Å². The molecule has 0 aromatic carbocycles. The van der Waals surface area contributed by atoms with Crippen LogP contribution < -0.4 is 22.5 Å². The number of nitrogens with one attached hydrogen (secondary N) is 1. The molecular formula is C38H63N9O4. The highest BCUT2D eigenvalue weighted by Gasteiger charge is 2.46. The van der Waals surface area contributed by atoms with E-state index in [4.69, 9.17) is 36.7 Å². The van der Waals surface area contributed by atoms with Crippen molar-refractivity contribution in [3.05, 3.63) is 22.5 Å². The Morgan fingerprint density at radius 2 is 1.57 bits per heavy atom. The summed E-state index contributed by atoms with van der Waals surface area (Å²) in [5, 5.41) is 3.48. The summed E-state index contributed by atoms with van der Waals surface area (Å²) >= 11 is 0. The molecule has 284 valence electrons. The van der Waals surface area contributed by atoms with E-state index >= 15 is 0 Å². The summed E-state index contributed by atoms with van der Waals surface area (Å²) in [5.41, 5.74) is 20.4. The van der Waals surface area contributed by atoms with Gasteiger partial charge in [-0.15, -0.1) is 0 Å². The van der Waals surface area contributed by atoms with Gasteiger partial charge in [-0.25, -0.2) is 19.6 Å². The Morgan fingerprint density at radius 1 is 0.882 bits per heavy atom. The molecular weight excluding hydrogens is 646 g/mol. The molecule has 5 rings (SSSR count). The molecule has 7 N–H and O–H groups in total. The van der Waals surface area contributed by atoms with E-state index in [9.17, 15) is 9.59 Å². The van der Waals surface area contributed by atoms with Crippen LogP contribution in [0.2, 0.25) is 0 Å². The smallest absolute Gasteiger partial charge is 0.337 e. The summed E-state index contributed by atoms with van der Waals surface area (Å²) in [6.07, 6.45) is 19.4. The van der Waals surface area contributed by atoms with Crippen molar-refractivity contribution in [2.24, 2.45) is 32.2 Å². The molecule has 5 aliphatic heterocycles. The summed E-state index contributed by atoms with van der Waals surface area (Å²) in [7, 11) is 0. The zero-order valence-electron chi connectivity index (χ0n) is 31.2. The molecule has 0 saturated carbocycles. The molecule has 0 unspecified atom stereocenters. The van der Waals surface area contributed by atoms with Gasteiger partial charge in [0.05, 0.1) is 42.5 Å². The van der Waals surface area contributed by atoms with Crippen LogP contribution in [-0.2, 0) is 19.1 Å². The van der Waals surface area contributed by atoms with Crippen molar-refractivity contribution < 1.29 is 19.1 Å². The molecule has 0 radical (unpaired) electrons. The van der Waals surface area contributed by atoms with Crippen molar-refractivity contribution >= 4 is 29.8 Å². The molecule has 51 heavy (non-hydrogen) atoms. The Morgan fingerprint density at radius 3 is 2.33 bits per heavy atom. The fraction of sp³-hybridized carbons (Fsp3) is 0.763. The fourth-order valence-electron chi connectivity index (χ4n) is 8.40. The van der Waals surface area contributed by atoms with Gasteiger partial charge in [-0.3, -0.25) is 4.99 Å². The van der Waals surface area contributed by atoms with Crippen LogP contribution in [0.5, 0.6) is 0 Å². The number of hydrogen-bond acceptors (Lipinski definition) is 11. The number of allylic oxidation sites excluding steroid dienone is 2. The summed E-state index contributed by atoms with van der Waals surface area (Å²) in [5.74, 6) is 1.03. The van der Waals surface area contributed by atoms with Gasteiger partial charge in [-0.1, -0.05) is 64.7 Å². The van der Waals surface area contributed by atoms with Gasteiger partial charge in [0.1, 0.15) is 0 Å². The van der Waals surface area contributed by atoms with E-state index in [1.54, 1.807) is 0 Å². The number of esters is 2. The van der Waals surface area contributed by atoms with Crippen molar-refractivity contribution in [2.75, 3.05) is 26.3 Å². The molecule has 13 nitrogen and oxygen atoms in total. The van der Waals surface area contributed by atoms with E-state index in [2.05, 4.69) is 22.1 Å².